The Hall–Kier alpha value is -0.930. The molecule has 0 aliphatic carbocycles. The molecular weight excluding hydrogens is 347 g/mol. The van der Waals surface area contributed by atoms with Crippen LogP contribution in [-0.2, 0) is 11.0 Å². The van der Waals surface area contributed by atoms with Gasteiger partial charge in [0.05, 0.1) is 0 Å². The average molecular weight is 347 g/mol. The molecule has 0 saturated carbocycles. The van der Waals surface area contributed by atoms with Gasteiger partial charge >= 0.3 is 11.0 Å². The van der Waals surface area contributed by atoms with Crippen LogP contribution in [0.15, 0.2) is 0 Å². The summed E-state index contributed by atoms with van der Waals surface area (Å²) in [6.45, 7) is 0. The van der Waals surface area contributed by atoms with Gasteiger partial charge in [0.2, 0.25) is 0 Å². The molecule has 1 aromatic rings. The summed E-state index contributed by atoms with van der Waals surface area (Å²) in [7, 11) is 0. The molecule has 102 valence electrons. The quantitative estimate of drug-likeness (QED) is 0.392. The van der Waals surface area contributed by atoms with Crippen molar-refractivity contribution in [3.8, 4) is 0 Å². The predicted molar refractivity (Wildman–Crippen MR) is 44.1 cm³/mol. The van der Waals surface area contributed by atoms with Crippen LogP contribution in [0.5, 0.6) is 0 Å². The van der Waals surface area contributed by atoms with Gasteiger partial charge in [0.15, 0.2) is 23.3 Å². The van der Waals surface area contributed by atoms with E-state index in [-0.39, 0.29) is 0 Å². The second kappa shape index (κ2) is 4.32. The van der Waals surface area contributed by atoms with E-state index in [1.807, 2.05) is 0 Å². The third kappa shape index (κ3) is 2.43. The van der Waals surface area contributed by atoms with Crippen molar-refractivity contribution >= 4 is 15.9 Å². The monoisotopic (exact) mass is 346 g/mol. The summed E-state index contributed by atoms with van der Waals surface area (Å²) >= 11 is 1.40. The third-order valence-corrected chi connectivity index (χ3v) is 2.23. The standard InChI is InChI=1S/C8BrF9/c9-7(14,15)1-3(10)5(12)2(8(16,17)18)6(13)4(1)11. The molecule has 0 atom stereocenters. The van der Waals surface area contributed by atoms with Crippen LogP contribution in [-0.4, -0.2) is 0 Å². The lowest BCUT2D eigenvalue weighted by Crippen LogP contribution is -2.20. The maximum Gasteiger partial charge on any atom is 0.422 e. The average Bonchev–Trinajstić information content (AvgIpc) is 2.10. The second-order valence-corrected chi connectivity index (χ2v) is 4.00. The van der Waals surface area contributed by atoms with Gasteiger partial charge in [-0.05, 0) is 15.9 Å². The fraction of sp³-hybridized carbons (Fsp3) is 0.250. The van der Waals surface area contributed by atoms with E-state index in [0.717, 1.165) is 0 Å². The zero-order valence-corrected chi connectivity index (χ0v) is 9.37. The van der Waals surface area contributed by atoms with Crippen LogP contribution in [0, 0.1) is 23.3 Å². The Morgan fingerprint density at radius 3 is 1.11 bits per heavy atom. The molecular formula is C8BrF9. The number of rotatable bonds is 1. The number of benzene rings is 1. The van der Waals surface area contributed by atoms with Gasteiger partial charge in [-0.15, -0.1) is 0 Å². The summed E-state index contributed by atoms with van der Waals surface area (Å²) in [5, 5.41) is 0. The van der Waals surface area contributed by atoms with Crippen molar-refractivity contribution in [3.05, 3.63) is 34.4 Å². The Labute approximate surface area is 102 Å². The first-order valence-corrected chi connectivity index (χ1v) is 4.68. The molecule has 0 heterocycles. The summed E-state index contributed by atoms with van der Waals surface area (Å²) in [6, 6.07) is 0. The second-order valence-electron chi connectivity index (χ2n) is 3.00. The van der Waals surface area contributed by atoms with Crippen molar-refractivity contribution < 1.29 is 39.5 Å². The molecule has 0 aliphatic rings. The molecule has 0 aromatic heterocycles. The molecule has 10 heteroatoms. The molecule has 0 amide bonds. The molecule has 1 rings (SSSR count). The van der Waals surface area contributed by atoms with E-state index in [0.29, 0.717) is 0 Å². The van der Waals surface area contributed by atoms with Crippen molar-refractivity contribution in [1.29, 1.82) is 0 Å². The van der Waals surface area contributed by atoms with Crippen LogP contribution in [0.4, 0.5) is 39.5 Å². The van der Waals surface area contributed by atoms with Gasteiger partial charge in [-0.3, -0.25) is 0 Å². The molecule has 0 fully saturated rings. The van der Waals surface area contributed by atoms with Gasteiger partial charge in [-0.1, -0.05) is 0 Å². The maximum atomic E-state index is 12.9. The Morgan fingerprint density at radius 2 is 0.889 bits per heavy atom. The molecule has 18 heavy (non-hydrogen) atoms. The molecule has 0 unspecified atom stereocenters. The van der Waals surface area contributed by atoms with Gasteiger partial charge in [0.1, 0.15) is 11.1 Å². The SMILES string of the molecule is Fc1c(F)c(C(F)(F)Br)c(F)c(F)c1C(F)(F)F. The highest BCUT2D eigenvalue weighted by Crippen LogP contribution is 2.43. The van der Waals surface area contributed by atoms with Gasteiger partial charge < -0.3 is 0 Å². The summed E-state index contributed by atoms with van der Waals surface area (Å²) in [5.74, 6) is -11.5. The first kappa shape index (κ1) is 15.1. The van der Waals surface area contributed by atoms with E-state index >= 15 is 0 Å². The molecule has 0 bridgehead atoms. The summed E-state index contributed by atoms with van der Waals surface area (Å²) in [4.78, 5) is -4.56. The van der Waals surface area contributed by atoms with E-state index in [2.05, 4.69) is 0 Å². The smallest absolute Gasteiger partial charge is 0.203 e. The van der Waals surface area contributed by atoms with Crippen molar-refractivity contribution in [2.24, 2.45) is 0 Å². The van der Waals surface area contributed by atoms with E-state index in [1.54, 1.807) is 0 Å². The number of halogens is 10. The molecule has 0 aliphatic heterocycles. The van der Waals surface area contributed by atoms with Crippen LogP contribution in [0.1, 0.15) is 11.1 Å². The molecule has 0 radical (unpaired) electrons. The van der Waals surface area contributed by atoms with E-state index in [4.69, 9.17) is 0 Å². The Kier molecular flexibility index (Phi) is 3.63. The topological polar surface area (TPSA) is 0 Å². The minimum atomic E-state index is -5.77. The highest BCUT2D eigenvalue weighted by atomic mass is 79.9. The fourth-order valence-electron chi connectivity index (χ4n) is 1.13. The van der Waals surface area contributed by atoms with Crippen LogP contribution in [0.2, 0.25) is 0 Å². The normalized spacial score (nSPS) is 13.0. The van der Waals surface area contributed by atoms with Crippen molar-refractivity contribution in [2.45, 2.75) is 11.0 Å². The highest BCUT2D eigenvalue weighted by molar-refractivity contribution is 9.09. The minimum absolute atomic E-state index is 1.40. The molecule has 0 spiro atoms. The third-order valence-electron chi connectivity index (χ3n) is 1.83. The van der Waals surface area contributed by atoms with Gasteiger partial charge in [0, 0.05) is 0 Å². The Balaban J connectivity index is 3.79. The van der Waals surface area contributed by atoms with Crippen LogP contribution >= 0.6 is 15.9 Å². The summed E-state index contributed by atoms with van der Waals surface area (Å²) in [5.41, 5.74) is -5.37. The fourth-order valence-corrected chi connectivity index (χ4v) is 1.48. The van der Waals surface area contributed by atoms with Crippen molar-refractivity contribution in [1.82, 2.24) is 0 Å². The number of alkyl halides is 6. The van der Waals surface area contributed by atoms with E-state index < -0.39 is 45.4 Å². The van der Waals surface area contributed by atoms with Gasteiger partial charge in [-0.25, -0.2) is 17.6 Å². The molecule has 0 nitrogen and oxygen atoms in total. The minimum Gasteiger partial charge on any atom is -0.203 e. The first-order chi connectivity index (χ1) is 7.89. The number of hydrogen-bond donors (Lipinski definition) is 0. The lowest BCUT2D eigenvalue weighted by atomic mass is 10.1. The largest absolute Gasteiger partial charge is 0.422 e. The van der Waals surface area contributed by atoms with E-state index in [9.17, 15) is 39.5 Å². The summed E-state index contributed by atoms with van der Waals surface area (Å²) < 4.78 is 113. The predicted octanol–water partition coefficient (Wildman–Crippen LogP) is 4.71. The van der Waals surface area contributed by atoms with Crippen LogP contribution in [0.25, 0.3) is 0 Å². The van der Waals surface area contributed by atoms with Crippen molar-refractivity contribution in [2.75, 3.05) is 0 Å². The van der Waals surface area contributed by atoms with Gasteiger partial charge in [-0.2, -0.15) is 22.0 Å². The number of hydrogen-bond acceptors (Lipinski definition) is 0. The zero-order valence-electron chi connectivity index (χ0n) is 7.78. The molecule has 0 N–H and O–H groups in total. The maximum absolute atomic E-state index is 12.9. The van der Waals surface area contributed by atoms with Crippen LogP contribution in [0.3, 0.4) is 0 Å². The highest BCUT2D eigenvalue weighted by Gasteiger charge is 2.46. The zero-order chi connectivity index (χ0) is 14.5. The Bertz CT molecular complexity index is 411. The van der Waals surface area contributed by atoms with E-state index in [1.165, 1.54) is 15.9 Å². The first-order valence-electron chi connectivity index (χ1n) is 3.89. The van der Waals surface area contributed by atoms with Crippen LogP contribution < -0.4 is 0 Å². The van der Waals surface area contributed by atoms with Crippen molar-refractivity contribution in [3.63, 3.8) is 0 Å². The molecule has 1 aromatic carbocycles. The summed E-state index contributed by atoms with van der Waals surface area (Å²) in [6.07, 6.45) is -5.77. The Morgan fingerprint density at radius 1 is 0.611 bits per heavy atom. The van der Waals surface area contributed by atoms with Gasteiger partial charge in [0.25, 0.3) is 0 Å². The molecule has 0 saturated heterocycles. The lowest BCUT2D eigenvalue weighted by molar-refractivity contribution is -0.143. The lowest BCUT2D eigenvalue weighted by Gasteiger charge is -2.16.